The molecule has 0 aromatic heterocycles. The SMILES string of the molecule is CCN(CC1Cc2ccccc2O1)C1CCNCC1. The first-order chi connectivity index (χ1) is 9.36. The van der Waals surface area contributed by atoms with Crippen molar-refractivity contribution in [3.63, 3.8) is 0 Å². The van der Waals surface area contributed by atoms with Crippen molar-refractivity contribution in [3.05, 3.63) is 29.8 Å². The fraction of sp³-hybridized carbons (Fsp3) is 0.625. The number of hydrogen-bond donors (Lipinski definition) is 1. The molecular formula is C16H24N2O. The normalized spacial score (nSPS) is 23.4. The summed E-state index contributed by atoms with van der Waals surface area (Å²) >= 11 is 0. The molecule has 0 saturated carbocycles. The third-order valence-electron chi connectivity index (χ3n) is 4.38. The van der Waals surface area contributed by atoms with Crippen LogP contribution in [0, 0.1) is 0 Å². The molecule has 3 nitrogen and oxygen atoms in total. The molecule has 19 heavy (non-hydrogen) atoms. The predicted molar refractivity (Wildman–Crippen MR) is 77.7 cm³/mol. The van der Waals surface area contributed by atoms with Crippen molar-refractivity contribution in [1.29, 1.82) is 0 Å². The van der Waals surface area contributed by atoms with Gasteiger partial charge in [0, 0.05) is 19.0 Å². The van der Waals surface area contributed by atoms with E-state index in [1.165, 1.54) is 18.4 Å². The van der Waals surface area contributed by atoms with Crippen molar-refractivity contribution >= 4 is 0 Å². The van der Waals surface area contributed by atoms with E-state index in [4.69, 9.17) is 4.74 Å². The maximum absolute atomic E-state index is 6.07. The fourth-order valence-electron chi connectivity index (χ4n) is 3.33. The van der Waals surface area contributed by atoms with Crippen molar-refractivity contribution in [2.45, 2.75) is 38.3 Å². The van der Waals surface area contributed by atoms with Crippen molar-refractivity contribution in [2.75, 3.05) is 26.2 Å². The lowest BCUT2D eigenvalue weighted by atomic mass is 10.0. The number of fused-ring (bicyclic) bond motifs is 1. The molecular weight excluding hydrogens is 236 g/mol. The highest BCUT2D eigenvalue weighted by Gasteiger charge is 2.27. The maximum atomic E-state index is 6.07. The monoisotopic (exact) mass is 260 g/mol. The van der Waals surface area contributed by atoms with Gasteiger partial charge in [-0.1, -0.05) is 25.1 Å². The highest BCUT2D eigenvalue weighted by atomic mass is 16.5. The van der Waals surface area contributed by atoms with E-state index in [0.717, 1.165) is 44.4 Å². The summed E-state index contributed by atoms with van der Waals surface area (Å²) in [7, 11) is 0. The molecule has 1 N–H and O–H groups in total. The predicted octanol–water partition coefficient (Wildman–Crippen LogP) is 2.06. The molecule has 1 aromatic carbocycles. The Morgan fingerprint density at radius 1 is 1.26 bits per heavy atom. The van der Waals surface area contributed by atoms with E-state index in [2.05, 4.69) is 41.4 Å². The van der Waals surface area contributed by atoms with Crippen molar-refractivity contribution in [1.82, 2.24) is 10.2 Å². The Labute approximate surface area is 115 Å². The molecule has 3 rings (SSSR count). The summed E-state index contributed by atoms with van der Waals surface area (Å²) in [5.41, 5.74) is 1.37. The molecule has 2 aliphatic heterocycles. The number of hydrogen-bond acceptors (Lipinski definition) is 3. The van der Waals surface area contributed by atoms with Gasteiger partial charge in [-0.3, -0.25) is 4.90 Å². The van der Waals surface area contributed by atoms with E-state index in [0.29, 0.717) is 6.10 Å². The Morgan fingerprint density at radius 2 is 2.05 bits per heavy atom. The maximum Gasteiger partial charge on any atom is 0.123 e. The number of piperidine rings is 1. The van der Waals surface area contributed by atoms with Crippen LogP contribution >= 0.6 is 0 Å². The topological polar surface area (TPSA) is 24.5 Å². The van der Waals surface area contributed by atoms with Gasteiger partial charge in [-0.2, -0.15) is 0 Å². The lowest BCUT2D eigenvalue weighted by molar-refractivity contribution is 0.105. The molecule has 0 aliphatic carbocycles. The first-order valence-electron chi connectivity index (χ1n) is 7.56. The van der Waals surface area contributed by atoms with Crippen LogP contribution in [0.4, 0.5) is 0 Å². The smallest absolute Gasteiger partial charge is 0.123 e. The van der Waals surface area contributed by atoms with Gasteiger partial charge in [0.1, 0.15) is 11.9 Å². The summed E-state index contributed by atoms with van der Waals surface area (Å²) in [5.74, 6) is 1.09. The molecule has 1 saturated heterocycles. The van der Waals surface area contributed by atoms with Gasteiger partial charge < -0.3 is 10.1 Å². The van der Waals surface area contributed by atoms with Crippen molar-refractivity contribution in [2.24, 2.45) is 0 Å². The van der Waals surface area contributed by atoms with Crippen LogP contribution in [0.2, 0.25) is 0 Å². The minimum atomic E-state index is 0.340. The summed E-state index contributed by atoms with van der Waals surface area (Å²) in [6.45, 7) is 6.78. The molecule has 1 fully saturated rings. The standard InChI is InChI=1S/C16H24N2O/c1-2-18(14-7-9-17-10-8-14)12-15-11-13-5-3-4-6-16(13)19-15/h3-6,14-15,17H,2,7-12H2,1H3. The van der Waals surface area contributed by atoms with Crippen molar-refractivity contribution in [3.8, 4) is 5.75 Å². The number of rotatable bonds is 4. The van der Waals surface area contributed by atoms with E-state index in [1.807, 2.05) is 0 Å². The van der Waals surface area contributed by atoms with Gasteiger partial charge in [-0.25, -0.2) is 0 Å². The average molecular weight is 260 g/mol. The van der Waals surface area contributed by atoms with E-state index >= 15 is 0 Å². The van der Waals surface area contributed by atoms with Gasteiger partial charge in [-0.05, 0) is 44.1 Å². The molecule has 1 atom stereocenters. The molecule has 2 aliphatic rings. The van der Waals surface area contributed by atoms with Crippen LogP contribution in [0.3, 0.4) is 0 Å². The van der Waals surface area contributed by atoms with Gasteiger partial charge in [0.2, 0.25) is 0 Å². The Kier molecular flexibility index (Phi) is 4.04. The van der Waals surface area contributed by atoms with E-state index < -0.39 is 0 Å². The lowest BCUT2D eigenvalue weighted by Gasteiger charge is -2.35. The van der Waals surface area contributed by atoms with Crippen molar-refractivity contribution < 1.29 is 4.74 Å². The molecule has 0 radical (unpaired) electrons. The molecule has 0 bridgehead atoms. The zero-order chi connectivity index (χ0) is 13.1. The van der Waals surface area contributed by atoms with E-state index in [-0.39, 0.29) is 0 Å². The number of nitrogens with one attached hydrogen (secondary N) is 1. The minimum absolute atomic E-state index is 0.340. The molecule has 104 valence electrons. The lowest BCUT2D eigenvalue weighted by Crippen LogP contribution is -2.46. The van der Waals surface area contributed by atoms with Gasteiger partial charge in [0.25, 0.3) is 0 Å². The van der Waals surface area contributed by atoms with Crippen LogP contribution in [0.25, 0.3) is 0 Å². The summed E-state index contributed by atoms with van der Waals surface area (Å²) in [6, 6.07) is 9.19. The number of benzene rings is 1. The number of likely N-dealkylation sites (N-methyl/N-ethyl adjacent to an activating group) is 1. The zero-order valence-electron chi connectivity index (χ0n) is 11.8. The van der Waals surface area contributed by atoms with Gasteiger partial charge in [-0.15, -0.1) is 0 Å². The number of ether oxygens (including phenoxy) is 1. The van der Waals surface area contributed by atoms with Gasteiger partial charge >= 0.3 is 0 Å². The quantitative estimate of drug-likeness (QED) is 0.897. The second-order valence-electron chi connectivity index (χ2n) is 5.62. The Bertz CT molecular complexity index is 390. The highest BCUT2D eigenvalue weighted by molar-refractivity contribution is 5.37. The summed E-state index contributed by atoms with van der Waals surface area (Å²) in [4.78, 5) is 2.61. The fourth-order valence-corrected chi connectivity index (χ4v) is 3.33. The number of nitrogens with zero attached hydrogens (tertiary/aromatic N) is 1. The highest BCUT2D eigenvalue weighted by Crippen LogP contribution is 2.29. The van der Waals surface area contributed by atoms with Gasteiger partial charge in [0.05, 0.1) is 0 Å². The summed E-state index contributed by atoms with van der Waals surface area (Å²) in [5, 5.41) is 3.44. The first-order valence-corrected chi connectivity index (χ1v) is 7.56. The Balaban J connectivity index is 1.59. The van der Waals surface area contributed by atoms with E-state index in [9.17, 15) is 0 Å². The summed E-state index contributed by atoms with van der Waals surface area (Å²) in [6.07, 6.45) is 3.95. The second kappa shape index (κ2) is 5.93. The largest absolute Gasteiger partial charge is 0.488 e. The third kappa shape index (κ3) is 2.93. The molecule has 0 spiro atoms. The summed E-state index contributed by atoms with van der Waals surface area (Å²) < 4.78 is 6.07. The second-order valence-corrected chi connectivity index (χ2v) is 5.62. The molecule has 1 unspecified atom stereocenters. The molecule has 3 heteroatoms. The van der Waals surface area contributed by atoms with Crippen LogP contribution in [0.15, 0.2) is 24.3 Å². The average Bonchev–Trinajstić information content (AvgIpc) is 2.88. The Hall–Kier alpha value is -1.06. The zero-order valence-corrected chi connectivity index (χ0v) is 11.8. The number of para-hydroxylation sites is 1. The van der Waals surface area contributed by atoms with Crippen LogP contribution in [0.5, 0.6) is 5.75 Å². The minimum Gasteiger partial charge on any atom is -0.488 e. The Morgan fingerprint density at radius 3 is 2.79 bits per heavy atom. The molecule has 2 heterocycles. The van der Waals surface area contributed by atoms with Crippen LogP contribution in [-0.4, -0.2) is 43.2 Å². The first kappa shape index (κ1) is 12.9. The van der Waals surface area contributed by atoms with Gasteiger partial charge in [0.15, 0.2) is 0 Å². The molecule has 0 amide bonds. The van der Waals surface area contributed by atoms with E-state index in [1.54, 1.807) is 0 Å². The third-order valence-corrected chi connectivity index (χ3v) is 4.38. The molecule has 1 aromatic rings. The van der Waals surface area contributed by atoms with Crippen LogP contribution in [0.1, 0.15) is 25.3 Å². The van der Waals surface area contributed by atoms with Crippen LogP contribution in [-0.2, 0) is 6.42 Å². The van der Waals surface area contributed by atoms with Crippen LogP contribution < -0.4 is 10.1 Å².